The summed E-state index contributed by atoms with van der Waals surface area (Å²) in [5.74, 6) is 0.861. The van der Waals surface area contributed by atoms with E-state index in [2.05, 4.69) is 18.6 Å². The number of benzene rings is 2. The summed E-state index contributed by atoms with van der Waals surface area (Å²) in [7, 11) is -5.82. The van der Waals surface area contributed by atoms with E-state index in [4.69, 9.17) is 9.47 Å². The predicted molar refractivity (Wildman–Crippen MR) is 139 cm³/mol. The Morgan fingerprint density at radius 3 is 2.25 bits per heavy atom. The van der Waals surface area contributed by atoms with Gasteiger partial charge in [0, 0.05) is 39.3 Å². The Hall–Kier alpha value is -2.18. The lowest BCUT2D eigenvalue weighted by atomic mass is 10.0. The molecule has 0 saturated carbocycles. The molecule has 198 valence electrons. The quantitative estimate of drug-likeness (QED) is 0.524. The van der Waals surface area contributed by atoms with Crippen molar-refractivity contribution in [1.82, 2.24) is 9.03 Å². The smallest absolute Gasteiger partial charge is 0.243 e. The fourth-order valence-electron chi connectivity index (χ4n) is 4.52. The van der Waals surface area contributed by atoms with E-state index in [0.717, 1.165) is 18.4 Å². The van der Waals surface area contributed by atoms with E-state index in [-0.39, 0.29) is 35.5 Å². The standard InChI is InChI=1S/C25H35N3O6S2/c1-19(2)20-6-8-22(9-7-20)36(31,32)28-14-12-27(13-15-28)24-17-23(10-11-25(24)33-3)35(29,30)26-18-21-5-4-16-34-21/h6-11,17,19,21,26H,4-5,12-16,18H2,1-3H3/t21-/m0/s1. The van der Waals surface area contributed by atoms with Crippen LogP contribution in [0.1, 0.15) is 38.2 Å². The first-order valence-corrected chi connectivity index (χ1v) is 15.2. The fraction of sp³-hybridized carbons (Fsp3) is 0.520. The molecule has 36 heavy (non-hydrogen) atoms. The molecule has 2 aromatic carbocycles. The van der Waals surface area contributed by atoms with Crippen LogP contribution >= 0.6 is 0 Å². The van der Waals surface area contributed by atoms with Crippen LogP contribution in [0.3, 0.4) is 0 Å². The van der Waals surface area contributed by atoms with E-state index < -0.39 is 20.0 Å². The van der Waals surface area contributed by atoms with Crippen molar-refractivity contribution in [1.29, 1.82) is 0 Å². The predicted octanol–water partition coefficient (Wildman–Crippen LogP) is 2.79. The highest BCUT2D eigenvalue weighted by Crippen LogP contribution is 2.32. The maximum absolute atomic E-state index is 13.2. The van der Waals surface area contributed by atoms with Gasteiger partial charge in [-0.25, -0.2) is 21.6 Å². The van der Waals surface area contributed by atoms with Gasteiger partial charge in [0.25, 0.3) is 0 Å². The Kier molecular flexibility index (Phi) is 8.25. The molecule has 2 fully saturated rings. The van der Waals surface area contributed by atoms with Gasteiger partial charge in [0.2, 0.25) is 20.0 Å². The van der Waals surface area contributed by atoms with Gasteiger partial charge in [-0.1, -0.05) is 26.0 Å². The summed E-state index contributed by atoms with van der Waals surface area (Å²) in [5, 5.41) is 0. The molecule has 0 radical (unpaired) electrons. The number of hydrogen-bond acceptors (Lipinski definition) is 7. The molecule has 2 aliphatic heterocycles. The largest absolute Gasteiger partial charge is 0.495 e. The van der Waals surface area contributed by atoms with Gasteiger partial charge in [-0.15, -0.1) is 0 Å². The van der Waals surface area contributed by atoms with Crippen LogP contribution in [-0.4, -0.2) is 73.7 Å². The molecule has 0 aliphatic carbocycles. The second-order valence-electron chi connectivity index (χ2n) is 9.44. The molecule has 0 aromatic heterocycles. The van der Waals surface area contributed by atoms with Crippen LogP contribution in [0.15, 0.2) is 52.3 Å². The molecule has 2 saturated heterocycles. The summed E-state index contributed by atoms with van der Waals surface area (Å²) in [6.07, 6.45) is 1.67. The van der Waals surface area contributed by atoms with Crippen molar-refractivity contribution in [3.8, 4) is 5.75 Å². The third kappa shape index (κ3) is 5.86. The number of sulfonamides is 2. The molecule has 9 nitrogen and oxygen atoms in total. The molecule has 1 atom stereocenters. The number of anilines is 1. The van der Waals surface area contributed by atoms with Crippen LogP contribution in [0.4, 0.5) is 5.69 Å². The van der Waals surface area contributed by atoms with E-state index >= 15 is 0 Å². The van der Waals surface area contributed by atoms with Crippen LogP contribution in [0.25, 0.3) is 0 Å². The van der Waals surface area contributed by atoms with Crippen LogP contribution < -0.4 is 14.4 Å². The van der Waals surface area contributed by atoms with Gasteiger partial charge in [-0.05, 0) is 54.7 Å². The third-order valence-corrected chi connectivity index (χ3v) is 10.1. The molecule has 4 rings (SSSR count). The minimum Gasteiger partial charge on any atom is -0.495 e. The molecule has 0 spiro atoms. The number of nitrogens with one attached hydrogen (secondary N) is 1. The molecule has 0 bridgehead atoms. The number of hydrogen-bond donors (Lipinski definition) is 1. The molecule has 0 amide bonds. The summed E-state index contributed by atoms with van der Waals surface area (Å²) in [5.41, 5.74) is 1.71. The number of rotatable bonds is 9. The van der Waals surface area contributed by atoms with Crippen LogP contribution in [0.2, 0.25) is 0 Å². The first-order chi connectivity index (χ1) is 17.1. The zero-order chi connectivity index (χ0) is 25.9. The van der Waals surface area contributed by atoms with Gasteiger partial charge in [0.1, 0.15) is 5.75 Å². The summed E-state index contributed by atoms with van der Waals surface area (Å²) in [6.45, 7) is 6.41. The summed E-state index contributed by atoms with van der Waals surface area (Å²) in [6, 6.07) is 11.8. The van der Waals surface area contributed by atoms with Crippen molar-refractivity contribution in [3.05, 3.63) is 48.0 Å². The van der Waals surface area contributed by atoms with E-state index in [1.807, 2.05) is 17.0 Å². The maximum Gasteiger partial charge on any atom is 0.243 e. The lowest BCUT2D eigenvalue weighted by Crippen LogP contribution is -2.48. The highest BCUT2D eigenvalue weighted by atomic mass is 32.2. The highest BCUT2D eigenvalue weighted by molar-refractivity contribution is 7.89. The van der Waals surface area contributed by atoms with Gasteiger partial charge in [-0.3, -0.25) is 0 Å². The van der Waals surface area contributed by atoms with Gasteiger partial charge in [0.15, 0.2) is 0 Å². The normalized spacial score (nSPS) is 19.7. The van der Waals surface area contributed by atoms with Gasteiger partial charge in [-0.2, -0.15) is 4.31 Å². The number of methoxy groups -OCH3 is 1. The molecule has 11 heteroatoms. The second-order valence-corrected chi connectivity index (χ2v) is 13.1. The summed E-state index contributed by atoms with van der Waals surface area (Å²) >= 11 is 0. The first-order valence-electron chi connectivity index (χ1n) is 12.3. The zero-order valence-corrected chi connectivity index (χ0v) is 22.6. The van der Waals surface area contributed by atoms with Crippen LogP contribution in [0, 0.1) is 0 Å². The van der Waals surface area contributed by atoms with Crippen LogP contribution in [0.5, 0.6) is 5.75 Å². The Morgan fingerprint density at radius 2 is 1.67 bits per heavy atom. The molecule has 0 unspecified atom stereocenters. The van der Waals surface area contributed by atoms with E-state index in [0.29, 0.717) is 37.1 Å². The molecule has 1 N–H and O–H groups in total. The lowest BCUT2D eigenvalue weighted by Gasteiger charge is -2.36. The van der Waals surface area contributed by atoms with E-state index in [1.165, 1.54) is 17.5 Å². The highest BCUT2D eigenvalue weighted by Gasteiger charge is 2.30. The van der Waals surface area contributed by atoms with Gasteiger partial charge in [0.05, 0.1) is 28.7 Å². The second kappa shape index (κ2) is 11.1. The minimum atomic E-state index is -3.73. The van der Waals surface area contributed by atoms with Gasteiger partial charge < -0.3 is 14.4 Å². The molecular weight excluding hydrogens is 502 g/mol. The average Bonchev–Trinajstić information content (AvgIpc) is 3.41. The summed E-state index contributed by atoms with van der Waals surface area (Å²) in [4.78, 5) is 2.38. The Bertz CT molecular complexity index is 1250. The topological polar surface area (TPSA) is 105 Å². The Labute approximate surface area is 214 Å². The number of nitrogens with zero attached hydrogens (tertiary/aromatic N) is 2. The Balaban J connectivity index is 1.47. The zero-order valence-electron chi connectivity index (χ0n) is 21.0. The molecule has 2 aromatic rings. The third-order valence-electron chi connectivity index (χ3n) is 6.75. The van der Waals surface area contributed by atoms with Crippen LogP contribution in [-0.2, 0) is 24.8 Å². The Morgan fingerprint density at radius 1 is 1.00 bits per heavy atom. The van der Waals surface area contributed by atoms with Gasteiger partial charge >= 0.3 is 0 Å². The monoisotopic (exact) mass is 537 g/mol. The maximum atomic E-state index is 13.2. The number of piperazine rings is 1. The van der Waals surface area contributed by atoms with Crippen molar-refractivity contribution in [2.45, 2.75) is 48.5 Å². The lowest BCUT2D eigenvalue weighted by molar-refractivity contribution is 0.114. The fourth-order valence-corrected chi connectivity index (χ4v) is 7.03. The average molecular weight is 538 g/mol. The first kappa shape index (κ1) is 26.9. The van der Waals surface area contributed by atoms with Crippen molar-refractivity contribution < 1.29 is 26.3 Å². The van der Waals surface area contributed by atoms with Crippen molar-refractivity contribution in [2.75, 3.05) is 51.3 Å². The minimum absolute atomic E-state index is 0.103. The van der Waals surface area contributed by atoms with E-state index in [9.17, 15) is 16.8 Å². The summed E-state index contributed by atoms with van der Waals surface area (Å²) < 4.78 is 67.3. The SMILES string of the molecule is COc1ccc(S(=O)(=O)NC[C@@H]2CCCO2)cc1N1CCN(S(=O)(=O)c2ccc(C(C)C)cc2)CC1. The van der Waals surface area contributed by atoms with Crippen molar-refractivity contribution in [2.24, 2.45) is 0 Å². The molecular formula is C25H35N3O6S2. The van der Waals surface area contributed by atoms with E-state index in [1.54, 1.807) is 24.3 Å². The van der Waals surface area contributed by atoms with Crippen molar-refractivity contribution >= 4 is 25.7 Å². The molecule has 2 aliphatic rings. The van der Waals surface area contributed by atoms with Crippen molar-refractivity contribution in [3.63, 3.8) is 0 Å². The molecule has 2 heterocycles. The number of ether oxygens (including phenoxy) is 2.